The topological polar surface area (TPSA) is 43.6 Å². The van der Waals surface area contributed by atoms with Gasteiger partial charge in [0.25, 0.3) is 0 Å². The van der Waals surface area contributed by atoms with Crippen LogP contribution in [-0.2, 0) is 7.05 Å². The molecule has 2 aromatic heterocycles. The highest BCUT2D eigenvalue weighted by atomic mass is 35.5. The summed E-state index contributed by atoms with van der Waals surface area (Å²) < 4.78 is 1.74. The standard InChI is InChI=1S/C10H11ClN4/c1-6-8(4-5-9(11)12-6)10-13-7(2)15(3)14-10/h4-5H,1-3H3. The Morgan fingerprint density at radius 2 is 1.93 bits per heavy atom. The molecular weight excluding hydrogens is 212 g/mol. The summed E-state index contributed by atoms with van der Waals surface area (Å²) >= 11 is 5.78. The third-order valence-electron chi connectivity index (χ3n) is 2.27. The number of rotatable bonds is 1. The van der Waals surface area contributed by atoms with Crippen LogP contribution in [0.15, 0.2) is 12.1 Å². The minimum Gasteiger partial charge on any atom is -0.253 e. The summed E-state index contributed by atoms with van der Waals surface area (Å²) in [5, 5.41) is 4.78. The zero-order valence-corrected chi connectivity index (χ0v) is 9.58. The Kier molecular flexibility index (Phi) is 2.44. The molecule has 4 nitrogen and oxygen atoms in total. The molecule has 0 bridgehead atoms. The first-order valence-electron chi connectivity index (χ1n) is 4.59. The summed E-state index contributed by atoms with van der Waals surface area (Å²) in [6.45, 7) is 3.81. The van der Waals surface area contributed by atoms with Crippen LogP contribution in [0.25, 0.3) is 11.4 Å². The second-order valence-corrected chi connectivity index (χ2v) is 3.76. The van der Waals surface area contributed by atoms with Crippen molar-refractivity contribution in [2.45, 2.75) is 13.8 Å². The van der Waals surface area contributed by atoms with Gasteiger partial charge in [0.1, 0.15) is 11.0 Å². The maximum atomic E-state index is 5.78. The van der Waals surface area contributed by atoms with E-state index < -0.39 is 0 Å². The van der Waals surface area contributed by atoms with Gasteiger partial charge >= 0.3 is 0 Å². The maximum absolute atomic E-state index is 5.78. The van der Waals surface area contributed by atoms with Crippen molar-refractivity contribution in [1.29, 1.82) is 0 Å². The molecule has 2 rings (SSSR count). The van der Waals surface area contributed by atoms with Gasteiger partial charge < -0.3 is 0 Å². The molecule has 0 saturated carbocycles. The lowest BCUT2D eigenvalue weighted by Gasteiger charge is -1.99. The third-order valence-corrected chi connectivity index (χ3v) is 2.48. The van der Waals surface area contributed by atoms with Gasteiger partial charge in [0, 0.05) is 12.6 Å². The molecule has 0 radical (unpaired) electrons. The fourth-order valence-electron chi connectivity index (χ4n) is 1.34. The number of halogens is 1. The van der Waals surface area contributed by atoms with Gasteiger partial charge in [-0.25, -0.2) is 9.97 Å². The monoisotopic (exact) mass is 222 g/mol. The fourth-order valence-corrected chi connectivity index (χ4v) is 1.53. The molecule has 2 aromatic rings. The van der Waals surface area contributed by atoms with Gasteiger partial charge in [0.15, 0.2) is 5.82 Å². The van der Waals surface area contributed by atoms with Gasteiger partial charge in [0.05, 0.1) is 5.69 Å². The highest BCUT2D eigenvalue weighted by molar-refractivity contribution is 6.29. The number of aromatic nitrogens is 4. The van der Waals surface area contributed by atoms with E-state index in [1.54, 1.807) is 10.7 Å². The molecule has 0 fully saturated rings. The Balaban J connectivity index is 2.54. The van der Waals surface area contributed by atoms with Crippen LogP contribution in [0.2, 0.25) is 5.15 Å². The molecule has 2 heterocycles. The zero-order chi connectivity index (χ0) is 11.0. The van der Waals surface area contributed by atoms with Gasteiger partial charge in [-0.2, -0.15) is 5.10 Å². The van der Waals surface area contributed by atoms with Crippen LogP contribution in [0.4, 0.5) is 0 Å². The number of aryl methyl sites for hydroxylation is 3. The Morgan fingerprint density at radius 3 is 2.47 bits per heavy atom. The van der Waals surface area contributed by atoms with E-state index in [4.69, 9.17) is 11.6 Å². The molecule has 0 aliphatic carbocycles. The quantitative estimate of drug-likeness (QED) is 0.695. The van der Waals surface area contributed by atoms with Gasteiger partial charge in [-0.3, -0.25) is 4.68 Å². The predicted octanol–water partition coefficient (Wildman–Crippen LogP) is 2.15. The molecule has 0 spiro atoms. The Hall–Kier alpha value is -1.42. The minimum atomic E-state index is 0.490. The lowest BCUT2D eigenvalue weighted by molar-refractivity contribution is 0.736. The van der Waals surface area contributed by atoms with E-state index in [2.05, 4.69) is 15.1 Å². The molecule has 78 valence electrons. The van der Waals surface area contributed by atoms with Crippen molar-refractivity contribution in [2.75, 3.05) is 0 Å². The SMILES string of the molecule is Cc1nc(Cl)ccc1-c1nc(C)n(C)n1. The molecule has 0 aliphatic rings. The normalized spacial score (nSPS) is 10.7. The molecule has 0 amide bonds. The van der Waals surface area contributed by atoms with E-state index in [1.807, 2.05) is 27.0 Å². The zero-order valence-electron chi connectivity index (χ0n) is 8.82. The minimum absolute atomic E-state index is 0.490. The Bertz CT molecular complexity index is 485. The van der Waals surface area contributed by atoms with Crippen molar-refractivity contribution >= 4 is 11.6 Å². The summed E-state index contributed by atoms with van der Waals surface area (Å²) in [5.74, 6) is 1.57. The fraction of sp³-hybridized carbons (Fsp3) is 0.300. The molecule has 0 aromatic carbocycles. The van der Waals surface area contributed by atoms with Crippen molar-refractivity contribution in [3.05, 3.63) is 28.8 Å². The number of hydrogen-bond donors (Lipinski definition) is 0. The lowest BCUT2D eigenvalue weighted by Crippen LogP contribution is -1.93. The van der Waals surface area contributed by atoms with E-state index in [0.29, 0.717) is 11.0 Å². The third kappa shape index (κ3) is 1.85. The maximum Gasteiger partial charge on any atom is 0.183 e. The predicted molar refractivity (Wildman–Crippen MR) is 58.7 cm³/mol. The molecule has 0 N–H and O–H groups in total. The van der Waals surface area contributed by atoms with Crippen LogP contribution in [0.3, 0.4) is 0 Å². The van der Waals surface area contributed by atoms with E-state index >= 15 is 0 Å². The summed E-state index contributed by atoms with van der Waals surface area (Å²) in [6, 6.07) is 3.63. The first kappa shape index (κ1) is 10.1. The molecule has 0 unspecified atom stereocenters. The second-order valence-electron chi connectivity index (χ2n) is 3.37. The number of nitrogens with zero attached hydrogens (tertiary/aromatic N) is 4. The average molecular weight is 223 g/mol. The molecular formula is C10H11ClN4. The van der Waals surface area contributed by atoms with Crippen LogP contribution < -0.4 is 0 Å². The van der Waals surface area contributed by atoms with E-state index in [-0.39, 0.29) is 0 Å². The first-order valence-corrected chi connectivity index (χ1v) is 4.97. The molecule has 0 atom stereocenters. The van der Waals surface area contributed by atoms with Crippen LogP contribution in [0.5, 0.6) is 0 Å². The summed E-state index contributed by atoms with van der Waals surface area (Å²) in [7, 11) is 1.87. The highest BCUT2D eigenvalue weighted by Gasteiger charge is 2.09. The summed E-state index contributed by atoms with van der Waals surface area (Å²) in [4.78, 5) is 8.50. The van der Waals surface area contributed by atoms with Crippen molar-refractivity contribution in [3.63, 3.8) is 0 Å². The number of hydrogen-bond acceptors (Lipinski definition) is 3. The van der Waals surface area contributed by atoms with Crippen molar-refractivity contribution in [1.82, 2.24) is 19.7 Å². The molecule has 0 aliphatic heterocycles. The van der Waals surface area contributed by atoms with Crippen molar-refractivity contribution in [3.8, 4) is 11.4 Å². The smallest absolute Gasteiger partial charge is 0.183 e. The van der Waals surface area contributed by atoms with Gasteiger partial charge in [-0.05, 0) is 26.0 Å². The van der Waals surface area contributed by atoms with E-state index in [0.717, 1.165) is 17.1 Å². The summed E-state index contributed by atoms with van der Waals surface area (Å²) in [6.07, 6.45) is 0. The largest absolute Gasteiger partial charge is 0.253 e. The van der Waals surface area contributed by atoms with Crippen LogP contribution >= 0.6 is 11.6 Å². The summed E-state index contributed by atoms with van der Waals surface area (Å²) in [5.41, 5.74) is 1.76. The van der Waals surface area contributed by atoms with Crippen molar-refractivity contribution in [2.24, 2.45) is 7.05 Å². The van der Waals surface area contributed by atoms with E-state index in [1.165, 1.54) is 0 Å². The van der Waals surface area contributed by atoms with Crippen LogP contribution in [-0.4, -0.2) is 19.7 Å². The Labute approximate surface area is 92.9 Å². The van der Waals surface area contributed by atoms with Gasteiger partial charge in [-0.15, -0.1) is 0 Å². The average Bonchev–Trinajstić information content (AvgIpc) is 2.46. The molecule has 0 saturated heterocycles. The Morgan fingerprint density at radius 1 is 1.20 bits per heavy atom. The number of pyridine rings is 1. The van der Waals surface area contributed by atoms with Crippen molar-refractivity contribution < 1.29 is 0 Å². The first-order chi connectivity index (χ1) is 7.08. The highest BCUT2D eigenvalue weighted by Crippen LogP contribution is 2.20. The van der Waals surface area contributed by atoms with Crippen LogP contribution in [0, 0.1) is 13.8 Å². The second kappa shape index (κ2) is 3.62. The molecule has 5 heteroatoms. The lowest BCUT2D eigenvalue weighted by atomic mass is 10.2. The van der Waals surface area contributed by atoms with Gasteiger partial charge in [0.2, 0.25) is 0 Å². The molecule has 15 heavy (non-hydrogen) atoms. The van der Waals surface area contributed by atoms with E-state index in [9.17, 15) is 0 Å². The van der Waals surface area contributed by atoms with Crippen LogP contribution in [0.1, 0.15) is 11.5 Å². The van der Waals surface area contributed by atoms with Gasteiger partial charge in [-0.1, -0.05) is 11.6 Å².